The van der Waals surface area contributed by atoms with Gasteiger partial charge < -0.3 is 53.2 Å². The van der Waals surface area contributed by atoms with Crippen molar-refractivity contribution in [3.63, 3.8) is 0 Å². The van der Waals surface area contributed by atoms with Crippen LogP contribution in [0.25, 0.3) is 0 Å². The number of aryl methyl sites for hydroxylation is 2. The topological polar surface area (TPSA) is 313 Å². The van der Waals surface area contributed by atoms with Crippen LogP contribution in [0.3, 0.4) is 0 Å². The normalized spacial score (nSPS) is 16.5. The molecule has 23 nitrogen and oxygen atoms in total. The number of nitrogens with zero attached hydrogens (tertiary/aromatic N) is 3. The zero-order valence-corrected chi connectivity index (χ0v) is 83.2. The second-order valence-corrected chi connectivity index (χ2v) is 38.5. The lowest BCUT2D eigenvalue weighted by atomic mass is 9.65. The van der Waals surface area contributed by atoms with Crippen LogP contribution in [-0.4, -0.2) is 118 Å². The van der Waals surface area contributed by atoms with Crippen LogP contribution in [0.4, 0.5) is 0 Å². The molecule has 6 aromatic rings. The Kier molecular flexibility index (Phi) is 54.9. The number of carboxylic acid groups (broad SMARTS) is 2. The minimum absolute atomic E-state index is 0.0458. The number of aliphatic carboxylic acids is 2. The van der Waals surface area contributed by atoms with E-state index in [4.69, 9.17) is 42.1 Å². The third-order valence-corrected chi connectivity index (χ3v) is 28.3. The Morgan fingerprint density at radius 1 is 0.504 bits per heavy atom. The smallest absolute Gasteiger partial charge is 0.404 e. The molecule has 2 fully saturated rings. The summed E-state index contributed by atoms with van der Waals surface area (Å²) in [5.41, 5.74) is -1.64. The number of rotatable bonds is 74. The summed E-state index contributed by atoms with van der Waals surface area (Å²) in [5, 5.41) is 41.5. The van der Waals surface area contributed by atoms with Crippen LogP contribution < -0.4 is 46.2 Å². The highest BCUT2D eigenvalue weighted by Gasteiger charge is 2.70. The van der Waals surface area contributed by atoms with Gasteiger partial charge in [0.15, 0.2) is 16.7 Å². The summed E-state index contributed by atoms with van der Waals surface area (Å²) in [7, 11) is 3.22. The van der Waals surface area contributed by atoms with E-state index >= 15 is 0 Å². The second kappa shape index (κ2) is 65.4. The molecular weight excluding hydrogens is 1700 g/mol. The van der Waals surface area contributed by atoms with Crippen molar-refractivity contribution in [1.82, 2.24) is 19.1 Å². The number of ether oxygens (including phenoxy) is 8. The van der Waals surface area contributed by atoms with Crippen molar-refractivity contribution in [3.05, 3.63) is 178 Å². The van der Waals surface area contributed by atoms with Gasteiger partial charge in [-0.3, -0.25) is 38.3 Å². The van der Waals surface area contributed by atoms with Gasteiger partial charge in [0.2, 0.25) is 5.75 Å². The van der Waals surface area contributed by atoms with Gasteiger partial charge in [-0.1, -0.05) is 364 Å². The number of carboxylic acids is 2. The number of aromatic nitrogens is 4. The molecule has 0 amide bonds. The van der Waals surface area contributed by atoms with Crippen LogP contribution in [0.1, 0.15) is 407 Å². The first-order valence-electron chi connectivity index (χ1n) is 51.6. The lowest BCUT2D eigenvalue weighted by Crippen LogP contribution is -2.57. The number of aliphatic hydroxyl groups excluding tert-OH is 1. The van der Waals surface area contributed by atoms with Gasteiger partial charge in [0.05, 0.1) is 65.8 Å². The molecule has 133 heavy (non-hydrogen) atoms. The van der Waals surface area contributed by atoms with Gasteiger partial charge in [0, 0.05) is 29.9 Å². The number of benzene rings is 4. The Labute approximate surface area is 796 Å². The summed E-state index contributed by atoms with van der Waals surface area (Å²) < 4.78 is 59.4. The third-order valence-electron chi connectivity index (χ3n) is 26.7. The number of unbranched alkanes of at least 4 members (excludes halogenated alkanes) is 45. The molecule has 0 spiro atoms. The Balaban J connectivity index is 0.000000507. The maximum Gasteiger partial charge on any atom is 0.404 e. The fourth-order valence-electron chi connectivity index (χ4n) is 18.8. The number of hydrogen-bond acceptors (Lipinski definition) is 16. The number of aliphatic hydroxyl groups is 1. The fourth-order valence-corrected chi connectivity index (χ4v) is 20.2. The van der Waals surface area contributed by atoms with Gasteiger partial charge in [-0.05, 0) is 111 Å². The molecule has 24 heteroatoms. The zero-order chi connectivity index (χ0) is 95.4. The summed E-state index contributed by atoms with van der Waals surface area (Å²) in [5.74, 6) is -0.178. The molecule has 0 aliphatic carbocycles. The molecule has 0 saturated carbocycles. The summed E-state index contributed by atoms with van der Waals surface area (Å²) in [6, 6.07) is 31.4. The lowest BCUT2D eigenvalue weighted by molar-refractivity contribution is -0.160. The van der Waals surface area contributed by atoms with Crippen molar-refractivity contribution >= 4 is 20.4 Å². The van der Waals surface area contributed by atoms with Crippen LogP contribution >= 0.6 is 8.46 Å². The summed E-state index contributed by atoms with van der Waals surface area (Å²) in [4.78, 5) is 82.8. The molecule has 2 aromatic heterocycles. The van der Waals surface area contributed by atoms with E-state index in [9.17, 15) is 49.3 Å². The number of nitriles is 1. The molecule has 4 aromatic carbocycles. The second-order valence-electron chi connectivity index (χ2n) is 37.3. The van der Waals surface area contributed by atoms with Gasteiger partial charge in [-0.2, -0.15) is 5.26 Å². The third kappa shape index (κ3) is 38.3. The van der Waals surface area contributed by atoms with E-state index in [1.54, 1.807) is 39.5 Å². The van der Waals surface area contributed by atoms with Crippen molar-refractivity contribution in [2.45, 2.75) is 417 Å². The Bertz CT molecular complexity index is 4400. The predicted octanol–water partition coefficient (Wildman–Crippen LogP) is 25.9. The number of methoxy groups -OCH3 is 2. The van der Waals surface area contributed by atoms with E-state index in [0.717, 1.165) is 103 Å². The number of nitrogens with one attached hydrogen (secondary N) is 2. The molecule has 2 aliphatic rings. The molecule has 5 N–H and O–H groups in total. The van der Waals surface area contributed by atoms with Crippen molar-refractivity contribution in [2.75, 3.05) is 53.9 Å². The maximum absolute atomic E-state index is 14.5. The number of hydrogen-bond donors (Lipinski definition) is 5. The summed E-state index contributed by atoms with van der Waals surface area (Å²) in [6.45, 7) is 10.6. The monoisotopic (exact) mass is 1870 g/mol. The van der Waals surface area contributed by atoms with E-state index in [0.29, 0.717) is 61.0 Å². The van der Waals surface area contributed by atoms with Gasteiger partial charge >= 0.3 is 31.8 Å². The van der Waals surface area contributed by atoms with Crippen LogP contribution in [0.15, 0.2) is 123 Å². The highest BCUT2D eigenvalue weighted by atomic mass is 31.1. The van der Waals surface area contributed by atoms with Crippen molar-refractivity contribution in [2.24, 2.45) is 5.41 Å². The number of H-pyrrole nitrogens is 2. The average Bonchev–Trinajstić information content (AvgIpc) is 1.58. The largest absolute Gasteiger partial charge is 0.497 e. The van der Waals surface area contributed by atoms with Crippen molar-refractivity contribution in [3.8, 4) is 34.8 Å². The Morgan fingerprint density at radius 3 is 1.23 bits per heavy atom. The quantitative estimate of drug-likeness (QED) is 0.0103. The first-order valence-corrected chi connectivity index (χ1v) is 52.4. The molecule has 740 valence electrons. The van der Waals surface area contributed by atoms with Gasteiger partial charge in [0.25, 0.3) is 17.7 Å². The van der Waals surface area contributed by atoms with Crippen molar-refractivity contribution in [1.29, 1.82) is 5.26 Å². The van der Waals surface area contributed by atoms with E-state index in [1.807, 2.05) is 72.8 Å². The Morgan fingerprint density at radius 2 is 0.872 bits per heavy atom. The van der Waals surface area contributed by atoms with Crippen LogP contribution in [0.2, 0.25) is 0 Å². The van der Waals surface area contributed by atoms with Crippen LogP contribution in [0.5, 0.6) is 28.7 Å². The molecule has 0 bridgehead atoms. The van der Waals surface area contributed by atoms with Crippen LogP contribution in [-0.2, 0) is 40.0 Å². The van der Waals surface area contributed by atoms with E-state index in [2.05, 4.69) is 42.9 Å². The molecule has 6 atom stereocenters. The predicted molar refractivity (Wildman–Crippen MR) is 532 cm³/mol. The van der Waals surface area contributed by atoms with Crippen molar-refractivity contribution < 1.29 is 67.0 Å². The van der Waals surface area contributed by atoms with Crippen LogP contribution in [0, 0.1) is 30.6 Å². The summed E-state index contributed by atoms with van der Waals surface area (Å²) >= 11 is 0. The minimum atomic E-state index is -2.28. The van der Waals surface area contributed by atoms with Gasteiger partial charge in [-0.25, -0.2) is 13.8 Å². The molecule has 4 heterocycles. The summed E-state index contributed by atoms with van der Waals surface area (Å²) in [6.07, 6.45) is 59.0. The van der Waals surface area contributed by atoms with Gasteiger partial charge in [0.1, 0.15) is 47.5 Å². The van der Waals surface area contributed by atoms with E-state index < -0.39 is 83.1 Å². The fraction of sp³-hybridized carbons (Fsp3) is 0.679. The number of carbonyl (C=O) groups is 2. The average molecular weight is 1870 g/mol. The zero-order valence-electron chi connectivity index (χ0n) is 82.3. The SMILES string of the molecule is CCCCCCCCCCCCCCCCCCOc1cc(CC(CC(=O)O)(C(=O)O)[C@@]2(P=[O+]CCC#N)C[C@H](n3cc(C)c(=O)[nH]c3=O)O[C@@H]2CO)cc(OCCCCCCCCCCCCCCCCCC)c1OCCCCCCCCCCCCCCCCCC.COc1ccc(C(OC[C@@H]2CC[C@H](n3cc(C)c(=O)[nH]c3=O)O2)(c2ccccc2)c2ccc(OC)cc2)cc1. The molecule has 2 saturated heterocycles. The highest BCUT2D eigenvalue weighted by Crippen LogP contribution is 2.59. The maximum atomic E-state index is 14.5. The Hall–Kier alpha value is -8.39. The number of aromatic amines is 2. The first kappa shape index (κ1) is 112. The molecule has 0 radical (unpaired) electrons. The molecular formula is C109H167N5O18P+. The first-order chi connectivity index (χ1) is 64.9. The molecule has 2 aliphatic heterocycles. The highest BCUT2D eigenvalue weighted by molar-refractivity contribution is 7.26. The lowest BCUT2D eigenvalue weighted by Gasteiger charge is -2.40. The minimum Gasteiger partial charge on any atom is -0.497 e. The molecule has 1 unspecified atom stereocenters. The van der Waals surface area contributed by atoms with E-state index in [-0.39, 0.29) is 51.7 Å². The van der Waals surface area contributed by atoms with Gasteiger partial charge in [-0.15, -0.1) is 0 Å². The standard InChI is InChI=1S/C78H134N3O12P.C31H32N2O6/c1-5-8-11-14-17-20-23-26-29-32-35-38-41-44-47-50-55-89-68-59-67(61-77(75(86)87,63-72(83)84)78(94-92-58-53-54-79)62-71(93-70(78)65-82)81-64-66(4)74(85)80-76(81)88)60-69(90-56-51-48-45-42-39-36-33-30-27-24-21-18-15-12-9-6-2)73(68)91-57-52-49-46-43-40-37-34-31-28-25-22-19-16-13-10-7-3;1-21-19-33(30(35)32-29(21)34)28-18-17-27(39-28)20-38-31(22-7-5-4-6-8-22,23-9-13-25(36-2)14-10-23)24-11-15-26(37-3)16-12-24/h59-60,64,70-71,82H,5-53,55-58,61-63,65H2,1-4H3,(H2-,80,83,84,85,86,87,88);4-16,19,27-28H,17-18,20H2,1-3H3,(H,32,34,35)/p+1/t70-,71-,77?,78-;27-,28+/m10/s1. The van der Waals surface area contributed by atoms with E-state index in [1.165, 1.54) is 255 Å². The molecule has 8 rings (SSSR count).